The predicted octanol–water partition coefficient (Wildman–Crippen LogP) is 4.47. The minimum absolute atomic E-state index is 0.234. The van der Waals surface area contributed by atoms with Crippen molar-refractivity contribution in [1.82, 2.24) is 5.32 Å². The minimum Gasteiger partial charge on any atom is -0.496 e. The molecule has 2 rings (SSSR count). The summed E-state index contributed by atoms with van der Waals surface area (Å²) >= 11 is 6.13. The molecule has 21 heavy (non-hydrogen) atoms. The molecule has 1 N–H and O–H groups in total. The molecule has 0 aliphatic rings. The van der Waals surface area contributed by atoms with E-state index in [0.29, 0.717) is 0 Å². The van der Waals surface area contributed by atoms with Gasteiger partial charge in [0.15, 0.2) is 0 Å². The van der Waals surface area contributed by atoms with E-state index >= 15 is 0 Å². The number of methoxy groups -OCH3 is 1. The first-order valence-corrected chi connectivity index (χ1v) is 7.49. The molecule has 0 aliphatic heterocycles. The molecule has 0 aliphatic carbocycles. The van der Waals surface area contributed by atoms with E-state index in [2.05, 4.69) is 37.4 Å². The highest BCUT2D eigenvalue weighted by molar-refractivity contribution is 6.30. The van der Waals surface area contributed by atoms with Crippen LogP contribution in [0.15, 0.2) is 36.4 Å². The van der Waals surface area contributed by atoms with E-state index in [9.17, 15) is 0 Å². The molecule has 0 fully saturated rings. The van der Waals surface area contributed by atoms with E-state index in [0.717, 1.165) is 22.8 Å². The van der Waals surface area contributed by atoms with Gasteiger partial charge in [0.2, 0.25) is 0 Å². The lowest BCUT2D eigenvalue weighted by molar-refractivity contribution is 0.406. The Bertz CT molecular complexity index is 625. The maximum atomic E-state index is 6.13. The number of halogens is 1. The smallest absolute Gasteiger partial charge is 0.122 e. The van der Waals surface area contributed by atoms with E-state index < -0.39 is 0 Å². The summed E-state index contributed by atoms with van der Waals surface area (Å²) in [5, 5.41) is 4.14. The number of hydrogen-bond acceptors (Lipinski definition) is 2. The van der Waals surface area contributed by atoms with Crippen molar-refractivity contribution in [2.24, 2.45) is 0 Å². The fourth-order valence-electron chi connectivity index (χ4n) is 2.63. The molecule has 0 spiro atoms. The third kappa shape index (κ3) is 3.78. The SMILES string of the molecule is CNC(Cc1cc(Cl)ccc1OC)c1cc(C)ccc1C. The molecular weight excluding hydrogens is 282 g/mol. The largest absolute Gasteiger partial charge is 0.496 e. The molecule has 0 saturated carbocycles. The summed E-state index contributed by atoms with van der Waals surface area (Å²) in [4.78, 5) is 0. The molecule has 0 heterocycles. The Kier molecular flexibility index (Phi) is 5.27. The van der Waals surface area contributed by atoms with Crippen LogP contribution in [-0.4, -0.2) is 14.2 Å². The van der Waals surface area contributed by atoms with Gasteiger partial charge >= 0.3 is 0 Å². The summed E-state index contributed by atoms with van der Waals surface area (Å²) in [6.07, 6.45) is 0.838. The van der Waals surface area contributed by atoms with Gasteiger partial charge in [-0.2, -0.15) is 0 Å². The molecule has 3 heteroatoms. The normalized spacial score (nSPS) is 12.2. The topological polar surface area (TPSA) is 21.3 Å². The first-order chi connectivity index (χ1) is 10.0. The van der Waals surface area contributed by atoms with Gasteiger partial charge in [-0.3, -0.25) is 0 Å². The van der Waals surface area contributed by atoms with Crippen molar-refractivity contribution in [3.8, 4) is 5.75 Å². The van der Waals surface area contributed by atoms with Crippen LogP contribution in [0.2, 0.25) is 5.02 Å². The van der Waals surface area contributed by atoms with Crippen LogP contribution in [-0.2, 0) is 6.42 Å². The van der Waals surface area contributed by atoms with E-state index in [1.54, 1.807) is 7.11 Å². The number of ether oxygens (including phenoxy) is 1. The predicted molar refractivity (Wildman–Crippen MR) is 89.4 cm³/mol. The number of hydrogen-bond donors (Lipinski definition) is 1. The van der Waals surface area contributed by atoms with Crippen LogP contribution in [0.5, 0.6) is 5.75 Å². The number of aryl methyl sites for hydroxylation is 2. The van der Waals surface area contributed by atoms with Crippen LogP contribution >= 0.6 is 11.6 Å². The van der Waals surface area contributed by atoms with Crippen molar-refractivity contribution in [2.75, 3.05) is 14.2 Å². The maximum absolute atomic E-state index is 6.13. The van der Waals surface area contributed by atoms with Crippen molar-refractivity contribution in [3.63, 3.8) is 0 Å². The number of benzene rings is 2. The lowest BCUT2D eigenvalue weighted by atomic mass is 9.93. The Hall–Kier alpha value is -1.51. The van der Waals surface area contributed by atoms with Crippen LogP contribution in [0.4, 0.5) is 0 Å². The summed E-state index contributed by atoms with van der Waals surface area (Å²) < 4.78 is 5.45. The Morgan fingerprint density at radius 3 is 2.57 bits per heavy atom. The molecule has 0 bridgehead atoms. The first-order valence-electron chi connectivity index (χ1n) is 7.12. The summed E-state index contributed by atoms with van der Waals surface area (Å²) in [5.41, 5.74) is 5.00. The maximum Gasteiger partial charge on any atom is 0.122 e. The minimum atomic E-state index is 0.234. The van der Waals surface area contributed by atoms with Gasteiger partial charge in [-0.1, -0.05) is 35.4 Å². The number of nitrogens with one attached hydrogen (secondary N) is 1. The summed E-state index contributed by atoms with van der Waals surface area (Å²) in [6.45, 7) is 4.27. The van der Waals surface area contributed by atoms with Crippen molar-refractivity contribution in [3.05, 3.63) is 63.7 Å². The number of likely N-dealkylation sites (N-methyl/N-ethyl adjacent to an activating group) is 1. The number of rotatable bonds is 5. The van der Waals surface area contributed by atoms with Gasteiger partial charge in [0.25, 0.3) is 0 Å². The van der Waals surface area contributed by atoms with Gasteiger partial charge in [-0.15, -0.1) is 0 Å². The molecule has 0 aromatic heterocycles. The third-order valence-electron chi connectivity index (χ3n) is 3.83. The standard InChI is InChI=1S/C18H22ClNO/c1-12-5-6-13(2)16(9-12)17(20-3)11-14-10-15(19)7-8-18(14)21-4/h5-10,17,20H,11H2,1-4H3. The Balaban J connectivity index is 2.35. The Morgan fingerprint density at radius 2 is 1.90 bits per heavy atom. The zero-order chi connectivity index (χ0) is 15.4. The lowest BCUT2D eigenvalue weighted by Crippen LogP contribution is -2.20. The van der Waals surface area contributed by atoms with Crippen molar-refractivity contribution >= 4 is 11.6 Å². The summed E-state index contributed by atoms with van der Waals surface area (Å²) in [7, 11) is 3.68. The van der Waals surface area contributed by atoms with E-state index in [1.165, 1.54) is 16.7 Å². The molecule has 2 aromatic carbocycles. The fraction of sp³-hybridized carbons (Fsp3) is 0.333. The molecular formula is C18H22ClNO. The quantitative estimate of drug-likeness (QED) is 0.880. The molecule has 112 valence electrons. The summed E-state index contributed by atoms with van der Waals surface area (Å²) in [6, 6.07) is 12.6. The molecule has 0 amide bonds. The van der Waals surface area contributed by atoms with E-state index in [-0.39, 0.29) is 6.04 Å². The van der Waals surface area contributed by atoms with Gasteiger partial charge in [-0.05, 0) is 62.2 Å². The monoisotopic (exact) mass is 303 g/mol. The summed E-state index contributed by atoms with van der Waals surface area (Å²) in [5.74, 6) is 0.880. The van der Waals surface area contributed by atoms with Gasteiger partial charge < -0.3 is 10.1 Å². The van der Waals surface area contributed by atoms with Gasteiger partial charge in [-0.25, -0.2) is 0 Å². The van der Waals surface area contributed by atoms with Crippen molar-refractivity contribution < 1.29 is 4.74 Å². The fourth-order valence-corrected chi connectivity index (χ4v) is 2.82. The Morgan fingerprint density at radius 1 is 1.14 bits per heavy atom. The molecule has 2 aromatic rings. The molecule has 1 unspecified atom stereocenters. The highest BCUT2D eigenvalue weighted by atomic mass is 35.5. The van der Waals surface area contributed by atoms with Crippen LogP contribution in [0.25, 0.3) is 0 Å². The van der Waals surface area contributed by atoms with Gasteiger partial charge in [0.05, 0.1) is 7.11 Å². The molecule has 1 atom stereocenters. The first kappa shape index (κ1) is 15.9. The molecule has 0 radical (unpaired) electrons. The molecule has 0 saturated heterocycles. The van der Waals surface area contributed by atoms with E-state index in [1.807, 2.05) is 25.2 Å². The highest BCUT2D eigenvalue weighted by Crippen LogP contribution is 2.29. The van der Waals surface area contributed by atoms with Gasteiger partial charge in [0.1, 0.15) is 5.75 Å². The van der Waals surface area contributed by atoms with Crippen LogP contribution < -0.4 is 10.1 Å². The zero-order valence-corrected chi connectivity index (χ0v) is 13.8. The second-order valence-corrected chi connectivity index (χ2v) is 5.80. The second-order valence-electron chi connectivity index (χ2n) is 5.36. The lowest BCUT2D eigenvalue weighted by Gasteiger charge is -2.21. The Labute approximate surface area is 132 Å². The van der Waals surface area contributed by atoms with Crippen LogP contribution in [0, 0.1) is 13.8 Å². The van der Waals surface area contributed by atoms with Crippen molar-refractivity contribution in [2.45, 2.75) is 26.3 Å². The zero-order valence-electron chi connectivity index (χ0n) is 13.0. The average Bonchev–Trinajstić information content (AvgIpc) is 2.47. The average molecular weight is 304 g/mol. The second kappa shape index (κ2) is 6.97. The third-order valence-corrected chi connectivity index (χ3v) is 4.06. The van der Waals surface area contributed by atoms with E-state index in [4.69, 9.17) is 16.3 Å². The van der Waals surface area contributed by atoms with Crippen molar-refractivity contribution in [1.29, 1.82) is 0 Å². The van der Waals surface area contributed by atoms with Crippen LogP contribution in [0.3, 0.4) is 0 Å². The molecule has 2 nitrogen and oxygen atoms in total. The van der Waals surface area contributed by atoms with Gasteiger partial charge in [0, 0.05) is 11.1 Å². The highest BCUT2D eigenvalue weighted by Gasteiger charge is 2.15. The van der Waals surface area contributed by atoms with Crippen LogP contribution in [0.1, 0.15) is 28.3 Å².